The number of thioether (sulfide) groups is 2. The molecule has 0 aromatic carbocycles. The van der Waals surface area contributed by atoms with Gasteiger partial charge in [-0.05, 0) is 35.6 Å². The normalized spacial score (nSPS) is 25.7. The predicted octanol–water partition coefficient (Wildman–Crippen LogP) is 0.926. The average molecular weight is 543 g/mol. The molecule has 4 rings (SSSR count). The van der Waals surface area contributed by atoms with E-state index < -0.39 is 33.9 Å². The maximum absolute atomic E-state index is 12.7. The number of β-lactam (4-membered cyclic amide) rings is 1. The summed E-state index contributed by atoms with van der Waals surface area (Å²) in [5, 5.41) is 29.3. The molecule has 2 fully saturated rings. The van der Waals surface area contributed by atoms with Crippen LogP contribution in [-0.2, 0) is 25.6 Å². The lowest BCUT2D eigenvalue weighted by molar-refractivity contribution is -0.673. The van der Waals surface area contributed by atoms with Gasteiger partial charge in [0.15, 0.2) is 5.03 Å². The molecule has 0 saturated carbocycles. The monoisotopic (exact) mass is 542 g/mol. The summed E-state index contributed by atoms with van der Waals surface area (Å²) >= 11 is 2.53. The molecule has 34 heavy (non-hydrogen) atoms. The number of carboxylic acid groups (broad SMARTS) is 1. The van der Waals surface area contributed by atoms with E-state index in [-0.39, 0.29) is 41.7 Å². The van der Waals surface area contributed by atoms with E-state index in [4.69, 9.17) is 0 Å². The van der Waals surface area contributed by atoms with Crippen molar-refractivity contribution in [1.82, 2.24) is 15.3 Å². The Morgan fingerprint density at radius 3 is 2.94 bits per heavy atom. The summed E-state index contributed by atoms with van der Waals surface area (Å²) in [6.07, 6.45) is 1.26. The number of carboxylic acids is 1. The molecule has 2 saturated heterocycles. The van der Waals surface area contributed by atoms with Crippen LogP contribution in [0.2, 0.25) is 0 Å². The summed E-state index contributed by atoms with van der Waals surface area (Å²) in [4.78, 5) is 39.3. The maximum Gasteiger partial charge on any atom is 0.313 e. The highest BCUT2D eigenvalue weighted by Crippen LogP contribution is 2.44. The van der Waals surface area contributed by atoms with Crippen LogP contribution < -0.4 is 10.2 Å². The van der Waals surface area contributed by atoms with Crippen molar-refractivity contribution in [3.63, 3.8) is 0 Å². The fourth-order valence-corrected chi connectivity index (χ4v) is 8.83. The Kier molecular flexibility index (Phi) is 7.62. The first kappa shape index (κ1) is 25.1. The van der Waals surface area contributed by atoms with Gasteiger partial charge in [0.25, 0.3) is 0 Å². The van der Waals surface area contributed by atoms with Crippen molar-refractivity contribution >= 4 is 63.8 Å². The highest BCUT2D eigenvalue weighted by Gasteiger charge is 2.57. The van der Waals surface area contributed by atoms with Gasteiger partial charge in [0.05, 0.1) is 6.42 Å². The second-order valence-electron chi connectivity index (χ2n) is 8.08. The van der Waals surface area contributed by atoms with E-state index in [1.54, 1.807) is 25.1 Å². The molecule has 4 unspecified atom stereocenters. The zero-order chi connectivity index (χ0) is 24.5. The Balaban J connectivity index is 1.33. The number of carbonyl (C=O) groups excluding carboxylic acids is 2. The van der Waals surface area contributed by atoms with Crippen molar-refractivity contribution in [2.45, 2.75) is 39.2 Å². The number of amides is 2. The third kappa shape index (κ3) is 5.15. The molecule has 2 aromatic rings. The topological polar surface area (TPSA) is 150 Å². The maximum atomic E-state index is 12.7. The fraction of sp³-hybridized carbons (Fsp3) is 0.450. The summed E-state index contributed by atoms with van der Waals surface area (Å²) in [6.45, 7) is 1.75. The molecule has 14 heteroatoms. The van der Waals surface area contributed by atoms with Crippen LogP contribution in [0.3, 0.4) is 0 Å². The first-order valence-electron chi connectivity index (χ1n) is 10.3. The van der Waals surface area contributed by atoms with Crippen LogP contribution >= 0.6 is 34.9 Å². The van der Waals surface area contributed by atoms with Gasteiger partial charge in [0.1, 0.15) is 22.1 Å². The number of hydrogen-bond donors (Lipinski definition) is 2. The first-order valence-corrected chi connectivity index (χ1v) is 14.4. The van der Waals surface area contributed by atoms with Gasteiger partial charge < -0.3 is 25.1 Å². The van der Waals surface area contributed by atoms with Crippen LogP contribution in [-0.4, -0.2) is 72.2 Å². The van der Waals surface area contributed by atoms with Crippen molar-refractivity contribution in [2.24, 2.45) is 5.41 Å². The van der Waals surface area contributed by atoms with Gasteiger partial charge in [-0.1, -0.05) is 27.9 Å². The molecule has 2 aromatic heterocycles. The van der Waals surface area contributed by atoms with E-state index in [1.165, 1.54) is 40.3 Å². The van der Waals surface area contributed by atoms with Gasteiger partial charge in [-0.2, -0.15) is 0 Å². The summed E-state index contributed by atoms with van der Waals surface area (Å²) in [5.74, 6) is -1.32. The number of nitrogens with zero attached hydrogens (tertiary/aromatic N) is 3. The summed E-state index contributed by atoms with van der Waals surface area (Å²) in [7, 11) is 0. The van der Waals surface area contributed by atoms with Crippen LogP contribution in [0, 0.1) is 10.6 Å². The highest BCUT2D eigenvalue weighted by atomic mass is 32.2. The van der Waals surface area contributed by atoms with E-state index in [0.29, 0.717) is 14.1 Å². The molecule has 0 spiro atoms. The van der Waals surface area contributed by atoms with Crippen LogP contribution in [0.5, 0.6) is 0 Å². The quantitative estimate of drug-likeness (QED) is 0.155. The van der Waals surface area contributed by atoms with Crippen molar-refractivity contribution in [2.75, 3.05) is 18.1 Å². The number of fused-ring (bicyclic) bond motifs is 1. The molecule has 0 radical (unpaired) electrons. The van der Waals surface area contributed by atoms with Crippen molar-refractivity contribution in [3.05, 3.63) is 41.0 Å². The molecule has 2 amide bonds. The van der Waals surface area contributed by atoms with E-state index in [1.807, 2.05) is 5.38 Å². The smallest absolute Gasteiger partial charge is 0.313 e. The average Bonchev–Trinajstić information content (AvgIpc) is 3.35. The van der Waals surface area contributed by atoms with E-state index >= 15 is 0 Å². The van der Waals surface area contributed by atoms with Crippen LogP contribution in [0.25, 0.3) is 0 Å². The standard InChI is InChI=1S/C20H22N4O6S4/c1-12(34(30)15-5-3-7-31-15)8-13(25)21-16-17(26)23-9-20(19(27)28,11-33-18(16)23)10-32-14-4-2-6-24(29)22-14/h2-7,12,16,18H,8-11H2,1H3,(H,21,25)(H,27,28)/t12?,16?,18-,20?,34?/m1/s1. The second-order valence-corrected chi connectivity index (χ2v) is 13.2. The highest BCUT2D eigenvalue weighted by molar-refractivity contribution is 8.00. The fourth-order valence-electron chi connectivity index (χ4n) is 3.70. The van der Waals surface area contributed by atoms with Crippen molar-refractivity contribution in [3.8, 4) is 0 Å². The number of hydrogen-bond acceptors (Lipinski definition) is 9. The van der Waals surface area contributed by atoms with Crippen LogP contribution in [0.4, 0.5) is 0 Å². The van der Waals surface area contributed by atoms with Crippen LogP contribution in [0.1, 0.15) is 13.3 Å². The van der Waals surface area contributed by atoms with Crippen molar-refractivity contribution in [1.29, 1.82) is 0 Å². The van der Waals surface area contributed by atoms with Gasteiger partial charge in [0, 0.05) is 35.3 Å². The Labute approximate surface area is 211 Å². The van der Waals surface area contributed by atoms with E-state index in [0.717, 1.165) is 11.8 Å². The lowest BCUT2D eigenvalue weighted by Crippen LogP contribution is -2.74. The number of thiophene rings is 1. The molecule has 5 atom stereocenters. The largest absolute Gasteiger partial charge is 0.611 e. The van der Waals surface area contributed by atoms with Gasteiger partial charge >= 0.3 is 5.97 Å². The molecule has 182 valence electrons. The number of aromatic nitrogens is 2. The Hall–Kier alpha value is -2.00. The lowest BCUT2D eigenvalue weighted by Gasteiger charge is -2.53. The summed E-state index contributed by atoms with van der Waals surface area (Å²) in [6, 6.07) is 6.00. The first-order chi connectivity index (χ1) is 16.2. The molecule has 2 aliphatic rings. The Bertz CT molecular complexity index is 1070. The zero-order valence-electron chi connectivity index (χ0n) is 18.0. The van der Waals surface area contributed by atoms with Gasteiger partial charge in [-0.25, -0.2) is 0 Å². The summed E-state index contributed by atoms with van der Waals surface area (Å²) < 4.78 is 13.2. The molecule has 2 aliphatic heterocycles. The van der Waals surface area contributed by atoms with E-state index in [2.05, 4.69) is 10.4 Å². The lowest BCUT2D eigenvalue weighted by atomic mass is 9.89. The Morgan fingerprint density at radius 1 is 1.47 bits per heavy atom. The second kappa shape index (κ2) is 10.3. The number of rotatable bonds is 9. The number of aliphatic carboxylic acids is 1. The third-order valence-electron chi connectivity index (χ3n) is 5.59. The third-order valence-corrected chi connectivity index (χ3v) is 11.3. The number of nitrogens with one attached hydrogen (secondary N) is 1. The minimum Gasteiger partial charge on any atom is -0.611 e. The SMILES string of the molecule is CC(CC(=O)NC1C(=O)N2CC(CSc3ccc[n+]([O-])n3)(C(=O)O)CS[C@H]12)[S+]([O-])c1cccs1. The molecular formula is C20H22N4O6S4. The van der Waals surface area contributed by atoms with Gasteiger partial charge in [0.2, 0.25) is 22.2 Å². The predicted molar refractivity (Wildman–Crippen MR) is 129 cm³/mol. The molecule has 4 heterocycles. The molecular weight excluding hydrogens is 521 g/mol. The molecule has 10 nitrogen and oxygen atoms in total. The zero-order valence-corrected chi connectivity index (χ0v) is 21.3. The molecule has 0 aliphatic carbocycles. The summed E-state index contributed by atoms with van der Waals surface area (Å²) in [5.41, 5.74) is -1.20. The van der Waals surface area contributed by atoms with Crippen molar-refractivity contribution < 1.29 is 28.9 Å². The van der Waals surface area contributed by atoms with Gasteiger partial charge in [-0.3, -0.25) is 14.4 Å². The minimum absolute atomic E-state index is 0.0151. The van der Waals surface area contributed by atoms with Crippen LogP contribution in [0.15, 0.2) is 45.1 Å². The van der Waals surface area contributed by atoms with Gasteiger partial charge in [-0.15, -0.1) is 11.8 Å². The minimum atomic E-state index is -1.31. The molecule has 0 bridgehead atoms. The molecule has 2 N–H and O–H groups in total. The Morgan fingerprint density at radius 2 is 2.26 bits per heavy atom. The number of carbonyl (C=O) groups is 3. The van der Waals surface area contributed by atoms with E-state index in [9.17, 15) is 29.3 Å².